The zero-order valence-corrected chi connectivity index (χ0v) is 17.6. The summed E-state index contributed by atoms with van der Waals surface area (Å²) < 4.78 is 1.83. The van der Waals surface area contributed by atoms with Gasteiger partial charge in [0.2, 0.25) is 11.0 Å². The Morgan fingerprint density at radius 3 is 2.68 bits per heavy atom. The number of terminal acetylenes is 1. The molecule has 2 aromatic heterocycles. The van der Waals surface area contributed by atoms with E-state index in [1.165, 1.54) is 11.3 Å². The summed E-state index contributed by atoms with van der Waals surface area (Å²) in [5.41, 5.74) is 0.666. The van der Waals surface area contributed by atoms with Gasteiger partial charge in [-0.1, -0.05) is 46.6 Å². The summed E-state index contributed by atoms with van der Waals surface area (Å²) in [5, 5.41) is 19.5. The van der Waals surface area contributed by atoms with Crippen molar-refractivity contribution in [1.82, 2.24) is 9.55 Å². The van der Waals surface area contributed by atoms with Crippen molar-refractivity contribution in [2.24, 2.45) is 10.2 Å². The highest BCUT2D eigenvalue weighted by atomic mass is 35.5. The van der Waals surface area contributed by atoms with Crippen LogP contribution in [0.15, 0.2) is 57.5 Å². The zero-order valence-electron chi connectivity index (χ0n) is 16.0. The van der Waals surface area contributed by atoms with Crippen molar-refractivity contribution < 1.29 is 5.11 Å². The van der Waals surface area contributed by atoms with Gasteiger partial charge in [0.05, 0.1) is 28.0 Å². The van der Waals surface area contributed by atoms with Gasteiger partial charge in [0.15, 0.2) is 5.69 Å². The van der Waals surface area contributed by atoms with Crippen LogP contribution in [0.5, 0.6) is 5.88 Å². The van der Waals surface area contributed by atoms with Crippen molar-refractivity contribution in [3.8, 4) is 23.9 Å². The molecular weight excluding hydrogens is 434 g/mol. The summed E-state index contributed by atoms with van der Waals surface area (Å²) in [5.74, 6) is 1.73. The van der Waals surface area contributed by atoms with Crippen molar-refractivity contribution in [1.29, 1.82) is 0 Å². The van der Waals surface area contributed by atoms with Crippen LogP contribution < -0.4 is 5.56 Å². The highest BCUT2D eigenvalue weighted by Gasteiger charge is 2.22. The molecule has 0 radical (unpaired) electrons. The van der Waals surface area contributed by atoms with Crippen LogP contribution in [-0.4, -0.2) is 14.7 Å². The zero-order chi connectivity index (χ0) is 22.1. The molecule has 0 bridgehead atoms. The largest absolute Gasteiger partial charge is 0.502 e. The van der Waals surface area contributed by atoms with Crippen LogP contribution in [0.1, 0.15) is 11.1 Å². The molecule has 4 rings (SSSR count). The van der Waals surface area contributed by atoms with E-state index in [0.29, 0.717) is 21.4 Å². The molecule has 4 aromatic rings. The fraction of sp³-hybridized carbons (Fsp3) is 0.0455. The number of thiazole rings is 1. The van der Waals surface area contributed by atoms with Crippen molar-refractivity contribution >= 4 is 49.7 Å². The van der Waals surface area contributed by atoms with Crippen molar-refractivity contribution in [3.63, 3.8) is 0 Å². The third-order valence-corrected chi connectivity index (χ3v) is 5.58. The first-order chi connectivity index (χ1) is 14.9. The quantitative estimate of drug-likeness (QED) is 0.236. The highest BCUT2D eigenvalue weighted by molar-refractivity contribution is 7.21. The number of aromatic hydroxyl groups is 1. The molecule has 9 heteroatoms. The van der Waals surface area contributed by atoms with Crippen LogP contribution in [0, 0.1) is 25.8 Å². The Bertz CT molecular complexity index is 1500. The topological polar surface area (TPSA) is 84.2 Å². The maximum absolute atomic E-state index is 13.2. The normalized spacial score (nSPS) is 11.0. The Morgan fingerprint density at radius 1 is 1.26 bits per heavy atom. The first-order valence-corrected chi connectivity index (χ1v) is 10.0. The van der Waals surface area contributed by atoms with Crippen LogP contribution in [0.2, 0.25) is 5.02 Å². The van der Waals surface area contributed by atoms with E-state index in [1.807, 2.05) is 13.0 Å². The molecule has 0 aliphatic carbocycles. The Labute approximate surface area is 185 Å². The fourth-order valence-corrected chi connectivity index (χ4v) is 3.87. The number of hydrogen-bond acceptors (Lipinski definition) is 6. The maximum atomic E-state index is 13.2. The summed E-state index contributed by atoms with van der Waals surface area (Å²) in [4.78, 5) is 20.8. The molecule has 0 spiro atoms. The van der Waals surface area contributed by atoms with Gasteiger partial charge in [-0.3, -0.25) is 9.36 Å². The Balaban J connectivity index is 1.91. The van der Waals surface area contributed by atoms with Crippen molar-refractivity contribution in [2.45, 2.75) is 6.92 Å². The van der Waals surface area contributed by atoms with E-state index >= 15 is 0 Å². The number of aromatic nitrogens is 2. The van der Waals surface area contributed by atoms with E-state index in [9.17, 15) is 9.90 Å². The molecule has 2 aromatic carbocycles. The third kappa shape index (κ3) is 3.66. The molecule has 31 heavy (non-hydrogen) atoms. The highest BCUT2D eigenvalue weighted by Crippen LogP contribution is 2.37. The van der Waals surface area contributed by atoms with Crippen LogP contribution in [0.4, 0.5) is 16.5 Å². The molecule has 0 saturated heterocycles. The SMILES string of the molecule is [C-]#[N+]c1c(C#C)c(N=Nc2nc3cc(Cl)ccc3s2)c(=O)n(-c2ccc(C)cc2)c1O. The monoisotopic (exact) mass is 445 g/mol. The number of fused-ring (bicyclic) bond motifs is 1. The van der Waals surface area contributed by atoms with Crippen LogP contribution >= 0.6 is 22.9 Å². The van der Waals surface area contributed by atoms with E-state index < -0.39 is 11.4 Å². The molecule has 0 amide bonds. The lowest BCUT2D eigenvalue weighted by molar-refractivity contribution is 0.439. The minimum Gasteiger partial charge on any atom is -0.502 e. The predicted molar refractivity (Wildman–Crippen MR) is 121 cm³/mol. The number of azo groups is 1. The van der Waals surface area contributed by atoms with E-state index in [1.54, 1.807) is 36.4 Å². The smallest absolute Gasteiger partial charge is 0.284 e. The predicted octanol–water partition coefficient (Wildman–Crippen LogP) is 6.06. The van der Waals surface area contributed by atoms with Crippen LogP contribution in [0.25, 0.3) is 20.7 Å². The van der Waals surface area contributed by atoms with Gasteiger partial charge >= 0.3 is 0 Å². The molecule has 7 nitrogen and oxygen atoms in total. The van der Waals surface area contributed by atoms with Crippen LogP contribution in [-0.2, 0) is 0 Å². The lowest BCUT2D eigenvalue weighted by atomic mass is 10.1. The molecule has 0 aliphatic heterocycles. The van der Waals surface area contributed by atoms with Crippen molar-refractivity contribution in [3.05, 3.63) is 80.4 Å². The molecule has 0 fully saturated rings. The molecule has 0 atom stereocenters. The second kappa shape index (κ2) is 8.04. The van der Waals surface area contributed by atoms with Crippen LogP contribution in [0.3, 0.4) is 0 Å². The first kappa shape index (κ1) is 20.3. The minimum absolute atomic E-state index is 0.131. The van der Waals surface area contributed by atoms with E-state index in [2.05, 4.69) is 26.0 Å². The van der Waals surface area contributed by atoms with E-state index in [0.717, 1.165) is 14.8 Å². The number of benzene rings is 2. The second-order valence-electron chi connectivity index (χ2n) is 6.44. The van der Waals surface area contributed by atoms with E-state index in [-0.39, 0.29) is 16.9 Å². The number of halogens is 1. The molecule has 0 unspecified atom stereocenters. The lowest BCUT2D eigenvalue weighted by Gasteiger charge is -2.13. The van der Waals surface area contributed by atoms with Crippen molar-refractivity contribution in [2.75, 3.05) is 0 Å². The molecular formula is C22H12ClN5O2S. The summed E-state index contributed by atoms with van der Waals surface area (Å²) in [6, 6.07) is 12.1. The van der Waals surface area contributed by atoms with Gasteiger partial charge in [0, 0.05) is 5.02 Å². The van der Waals surface area contributed by atoms with E-state index in [4.69, 9.17) is 24.6 Å². The summed E-state index contributed by atoms with van der Waals surface area (Å²) in [6.07, 6.45) is 5.54. The van der Waals surface area contributed by atoms with Gasteiger partial charge in [-0.2, -0.15) is 0 Å². The molecule has 2 heterocycles. The molecule has 0 saturated carbocycles. The van der Waals surface area contributed by atoms with Gasteiger partial charge in [0.1, 0.15) is 0 Å². The summed E-state index contributed by atoms with van der Waals surface area (Å²) in [7, 11) is 0. The number of hydrogen-bond donors (Lipinski definition) is 1. The Morgan fingerprint density at radius 2 is 2.00 bits per heavy atom. The van der Waals surface area contributed by atoms with Gasteiger partial charge in [-0.05, 0) is 37.3 Å². The average Bonchev–Trinajstić information content (AvgIpc) is 3.16. The second-order valence-corrected chi connectivity index (χ2v) is 7.88. The third-order valence-electron chi connectivity index (χ3n) is 4.43. The lowest BCUT2D eigenvalue weighted by Crippen LogP contribution is -2.19. The Kier molecular flexibility index (Phi) is 5.26. The number of aryl methyl sites for hydroxylation is 1. The standard InChI is InChI=1S/C22H12ClN5O2S/c1-4-15-18(24-3)20(29)28(14-8-5-12(2)6-9-14)21(30)19(15)26-27-22-25-16-11-13(23)7-10-17(16)31-22/h1,5-11,29H,2H3. The van der Waals surface area contributed by atoms with Gasteiger partial charge in [-0.25, -0.2) is 9.83 Å². The van der Waals surface area contributed by atoms with Gasteiger partial charge < -0.3 is 5.11 Å². The Hall–Kier alpha value is -3.98. The summed E-state index contributed by atoms with van der Waals surface area (Å²) >= 11 is 7.25. The maximum Gasteiger partial charge on any atom is 0.284 e. The minimum atomic E-state index is -0.699. The molecule has 1 N–H and O–H groups in total. The molecule has 150 valence electrons. The van der Waals surface area contributed by atoms with Gasteiger partial charge in [0.25, 0.3) is 11.2 Å². The average molecular weight is 446 g/mol. The number of pyridine rings is 1. The first-order valence-electron chi connectivity index (χ1n) is 8.84. The summed E-state index contributed by atoms with van der Waals surface area (Å²) in [6.45, 7) is 9.33. The number of nitrogens with zero attached hydrogens (tertiary/aromatic N) is 5. The number of rotatable bonds is 3. The van der Waals surface area contributed by atoms with Gasteiger partial charge in [-0.15, -0.1) is 16.7 Å². The fourth-order valence-electron chi connectivity index (χ4n) is 2.93. The molecule has 0 aliphatic rings.